The van der Waals surface area contributed by atoms with Gasteiger partial charge < -0.3 is 10.4 Å². The summed E-state index contributed by atoms with van der Waals surface area (Å²) in [6.07, 6.45) is 0.164. The highest BCUT2D eigenvalue weighted by Gasteiger charge is 2.24. The van der Waals surface area contributed by atoms with Gasteiger partial charge in [-0.2, -0.15) is 0 Å². The monoisotopic (exact) mass is 320 g/mol. The second-order valence-corrected chi connectivity index (χ2v) is 4.69. The normalized spacial score (nSPS) is 11.7. The van der Waals surface area contributed by atoms with Crippen molar-refractivity contribution in [1.29, 1.82) is 0 Å². The summed E-state index contributed by atoms with van der Waals surface area (Å²) in [5.74, 6) is -6.56. The van der Waals surface area contributed by atoms with Crippen molar-refractivity contribution in [3.8, 4) is 0 Å². The first-order valence-electron chi connectivity index (χ1n) is 6.48. The van der Waals surface area contributed by atoms with E-state index < -0.39 is 41.1 Å². The van der Waals surface area contributed by atoms with Gasteiger partial charge in [0, 0.05) is 18.7 Å². The molecule has 1 aromatic carbocycles. The van der Waals surface area contributed by atoms with Gasteiger partial charge in [-0.1, -0.05) is 0 Å². The highest BCUT2D eigenvalue weighted by atomic mass is 19.2. The number of benzene rings is 1. The van der Waals surface area contributed by atoms with E-state index in [1.165, 1.54) is 6.92 Å². The number of nitrogens with zero attached hydrogens (tertiary/aromatic N) is 1. The molecule has 0 amide bonds. The van der Waals surface area contributed by atoms with Gasteiger partial charge in [-0.05, 0) is 13.8 Å². The fourth-order valence-electron chi connectivity index (χ4n) is 1.82. The fourth-order valence-corrected chi connectivity index (χ4v) is 1.82. The minimum atomic E-state index is -1.64. The Kier molecular flexibility index (Phi) is 6.48. The maximum absolute atomic E-state index is 13.6. The summed E-state index contributed by atoms with van der Waals surface area (Å²) in [7, 11) is 0. The second-order valence-electron chi connectivity index (χ2n) is 4.69. The Labute approximate surface area is 124 Å². The van der Waals surface area contributed by atoms with Crippen molar-refractivity contribution in [2.75, 3.05) is 18.4 Å². The molecule has 0 aliphatic rings. The minimum Gasteiger partial charge on any atom is -0.391 e. The Morgan fingerprint density at radius 2 is 1.64 bits per heavy atom. The first-order valence-corrected chi connectivity index (χ1v) is 6.48. The summed E-state index contributed by atoms with van der Waals surface area (Å²) in [6.45, 7) is 1.86. The van der Waals surface area contributed by atoms with Gasteiger partial charge in [-0.3, -0.25) is 9.79 Å². The SMILES string of the molecule is CC(=O)CC(C)=NCCNc1c(F)c(F)c(CO)c(F)c1F. The molecule has 0 saturated carbocycles. The van der Waals surface area contributed by atoms with Crippen LogP contribution in [0.1, 0.15) is 25.8 Å². The predicted molar refractivity (Wildman–Crippen MR) is 74.0 cm³/mol. The summed E-state index contributed by atoms with van der Waals surface area (Å²) in [4.78, 5) is 14.8. The van der Waals surface area contributed by atoms with Gasteiger partial charge >= 0.3 is 0 Å². The number of carbonyl (C=O) groups is 1. The zero-order valence-electron chi connectivity index (χ0n) is 12.1. The van der Waals surface area contributed by atoms with Gasteiger partial charge in [0.05, 0.1) is 18.7 Å². The lowest BCUT2D eigenvalue weighted by Crippen LogP contribution is -2.14. The van der Waals surface area contributed by atoms with E-state index in [-0.39, 0.29) is 25.3 Å². The molecule has 0 atom stereocenters. The lowest BCUT2D eigenvalue weighted by atomic mass is 10.1. The van der Waals surface area contributed by atoms with Gasteiger partial charge in [0.1, 0.15) is 11.5 Å². The van der Waals surface area contributed by atoms with E-state index in [0.717, 1.165) is 0 Å². The highest BCUT2D eigenvalue weighted by Crippen LogP contribution is 2.27. The quantitative estimate of drug-likeness (QED) is 0.351. The molecule has 4 nitrogen and oxygen atoms in total. The van der Waals surface area contributed by atoms with Crippen LogP contribution < -0.4 is 5.32 Å². The zero-order chi connectivity index (χ0) is 16.9. The summed E-state index contributed by atoms with van der Waals surface area (Å²) in [5, 5.41) is 10.9. The Balaban J connectivity index is 2.81. The first kappa shape index (κ1) is 18.1. The Morgan fingerprint density at radius 3 is 2.09 bits per heavy atom. The molecule has 122 valence electrons. The molecule has 0 bridgehead atoms. The molecule has 0 aliphatic carbocycles. The predicted octanol–water partition coefficient (Wildman–Crippen LogP) is 2.59. The number of anilines is 1. The highest BCUT2D eigenvalue weighted by molar-refractivity contribution is 5.99. The van der Waals surface area contributed by atoms with Crippen LogP contribution in [-0.4, -0.2) is 29.7 Å². The Morgan fingerprint density at radius 1 is 1.09 bits per heavy atom. The maximum atomic E-state index is 13.6. The Hall–Kier alpha value is -1.96. The third-order valence-electron chi connectivity index (χ3n) is 2.81. The summed E-state index contributed by atoms with van der Waals surface area (Å²) in [6, 6.07) is 0. The van der Waals surface area contributed by atoms with Crippen LogP contribution >= 0.6 is 0 Å². The lowest BCUT2D eigenvalue weighted by molar-refractivity contribution is -0.115. The minimum absolute atomic E-state index is 0.0724. The second kappa shape index (κ2) is 7.88. The largest absolute Gasteiger partial charge is 0.391 e. The number of hydrogen-bond acceptors (Lipinski definition) is 4. The van der Waals surface area contributed by atoms with E-state index >= 15 is 0 Å². The van der Waals surface area contributed by atoms with Crippen molar-refractivity contribution < 1.29 is 27.5 Å². The number of aliphatic imine (C=N–C) groups is 1. The third-order valence-corrected chi connectivity index (χ3v) is 2.81. The third kappa shape index (κ3) is 4.27. The molecule has 1 aromatic rings. The standard InChI is InChI=1S/C14H16F4N2O2/c1-7(5-8(2)22)19-3-4-20-14-12(17)10(15)9(6-21)11(16)13(14)18/h20-21H,3-6H2,1-2H3. The van der Waals surface area contributed by atoms with Crippen LogP contribution in [0.15, 0.2) is 4.99 Å². The summed E-state index contributed by atoms with van der Waals surface area (Å²) >= 11 is 0. The van der Waals surface area contributed by atoms with Gasteiger partial charge in [0.25, 0.3) is 0 Å². The van der Waals surface area contributed by atoms with E-state index in [1.807, 2.05) is 0 Å². The number of carbonyl (C=O) groups excluding carboxylic acids is 1. The van der Waals surface area contributed by atoms with Crippen molar-refractivity contribution in [3.05, 3.63) is 28.8 Å². The van der Waals surface area contributed by atoms with Gasteiger partial charge in [0.2, 0.25) is 0 Å². The molecule has 0 spiro atoms. The van der Waals surface area contributed by atoms with Crippen molar-refractivity contribution in [2.45, 2.75) is 26.9 Å². The number of ketones is 1. The van der Waals surface area contributed by atoms with Crippen molar-refractivity contribution in [1.82, 2.24) is 0 Å². The molecule has 22 heavy (non-hydrogen) atoms. The van der Waals surface area contributed by atoms with Crippen LogP contribution in [0.4, 0.5) is 23.2 Å². The number of rotatable bonds is 7. The molecular weight excluding hydrogens is 304 g/mol. The number of Topliss-reactive ketones (excluding diaryl/α,β-unsaturated/α-hetero) is 1. The number of halogens is 4. The van der Waals surface area contributed by atoms with E-state index in [9.17, 15) is 22.4 Å². The molecule has 0 aromatic heterocycles. The smallest absolute Gasteiger partial charge is 0.185 e. The number of nitrogens with one attached hydrogen (secondary N) is 1. The van der Waals surface area contributed by atoms with Crippen LogP contribution in [0.25, 0.3) is 0 Å². The lowest BCUT2D eigenvalue weighted by Gasteiger charge is -2.12. The molecule has 0 fully saturated rings. The number of aliphatic hydroxyl groups is 1. The van der Waals surface area contributed by atoms with Crippen LogP contribution in [-0.2, 0) is 11.4 Å². The molecule has 1 rings (SSSR count). The molecule has 0 saturated heterocycles. The molecule has 2 N–H and O–H groups in total. The topological polar surface area (TPSA) is 61.7 Å². The fraction of sp³-hybridized carbons (Fsp3) is 0.429. The zero-order valence-corrected chi connectivity index (χ0v) is 12.1. The van der Waals surface area contributed by atoms with Crippen LogP contribution in [0.5, 0.6) is 0 Å². The summed E-state index contributed by atoms with van der Waals surface area (Å²) < 4.78 is 54.1. The van der Waals surface area contributed by atoms with Crippen LogP contribution in [0.3, 0.4) is 0 Å². The Bertz CT molecular complexity index is 574. The van der Waals surface area contributed by atoms with Crippen molar-refractivity contribution in [3.63, 3.8) is 0 Å². The first-order chi connectivity index (χ1) is 10.3. The average Bonchev–Trinajstić information content (AvgIpc) is 2.44. The molecule has 0 aliphatic heterocycles. The molecule has 8 heteroatoms. The van der Waals surface area contributed by atoms with Gasteiger partial charge in [0.15, 0.2) is 23.3 Å². The maximum Gasteiger partial charge on any atom is 0.185 e. The number of hydrogen-bond donors (Lipinski definition) is 2. The molecule has 0 radical (unpaired) electrons. The average molecular weight is 320 g/mol. The van der Waals surface area contributed by atoms with Gasteiger partial charge in [-0.15, -0.1) is 0 Å². The van der Waals surface area contributed by atoms with Gasteiger partial charge in [-0.25, -0.2) is 17.6 Å². The van der Waals surface area contributed by atoms with E-state index in [0.29, 0.717) is 5.71 Å². The van der Waals surface area contributed by atoms with E-state index in [4.69, 9.17) is 5.11 Å². The van der Waals surface area contributed by atoms with Crippen molar-refractivity contribution >= 4 is 17.2 Å². The van der Waals surface area contributed by atoms with Crippen molar-refractivity contribution in [2.24, 2.45) is 4.99 Å². The number of aliphatic hydroxyl groups excluding tert-OH is 1. The molecular formula is C14H16F4N2O2. The molecule has 0 heterocycles. The van der Waals surface area contributed by atoms with E-state index in [2.05, 4.69) is 10.3 Å². The van der Waals surface area contributed by atoms with Crippen LogP contribution in [0.2, 0.25) is 0 Å². The van der Waals surface area contributed by atoms with Crippen LogP contribution in [0, 0.1) is 23.3 Å². The summed E-state index contributed by atoms with van der Waals surface area (Å²) in [5.41, 5.74) is -1.47. The van der Waals surface area contributed by atoms with E-state index in [1.54, 1.807) is 6.92 Å². The molecule has 0 unspecified atom stereocenters.